The van der Waals surface area contributed by atoms with Crippen molar-refractivity contribution in [3.8, 4) is 0 Å². The largest absolute Gasteiger partial charge is 0.365 e. The van der Waals surface area contributed by atoms with Gasteiger partial charge in [0.05, 0.1) is 17.2 Å². The molecule has 3 N–H and O–H groups in total. The van der Waals surface area contributed by atoms with Crippen molar-refractivity contribution in [1.82, 2.24) is 9.97 Å². The summed E-state index contributed by atoms with van der Waals surface area (Å²) in [6.45, 7) is 2.59. The summed E-state index contributed by atoms with van der Waals surface area (Å²) in [5.41, 5.74) is 7.32. The fourth-order valence-corrected chi connectivity index (χ4v) is 1.34. The van der Waals surface area contributed by atoms with Crippen LogP contribution in [-0.2, 0) is 0 Å². The lowest BCUT2D eigenvalue weighted by Gasteiger charge is -2.11. The average Bonchev–Trinajstić information content (AvgIpc) is 2.29. The van der Waals surface area contributed by atoms with Crippen molar-refractivity contribution in [2.75, 3.05) is 11.9 Å². The van der Waals surface area contributed by atoms with Crippen LogP contribution < -0.4 is 11.1 Å². The van der Waals surface area contributed by atoms with Crippen LogP contribution in [0.15, 0.2) is 30.5 Å². The molecule has 0 spiro atoms. The highest BCUT2D eigenvalue weighted by molar-refractivity contribution is 5.75. The Morgan fingerprint density at radius 3 is 2.80 bits per heavy atom. The van der Waals surface area contributed by atoms with Gasteiger partial charge in [-0.05, 0) is 19.1 Å². The Hall–Kier alpha value is -1.68. The Bertz CT molecular complexity index is 455. The lowest BCUT2D eigenvalue weighted by molar-refractivity contribution is 0.798. The summed E-state index contributed by atoms with van der Waals surface area (Å²) in [6.07, 6.45) is 1.73. The van der Waals surface area contributed by atoms with Crippen LogP contribution in [0.25, 0.3) is 11.0 Å². The van der Waals surface area contributed by atoms with Gasteiger partial charge in [0.1, 0.15) is 5.82 Å². The molecule has 1 heterocycles. The first-order valence-electron chi connectivity index (χ1n) is 4.98. The first-order chi connectivity index (χ1) is 7.29. The number of aromatic nitrogens is 2. The fraction of sp³-hybridized carbons (Fsp3) is 0.273. The van der Waals surface area contributed by atoms with Gasteiger partial charge in [0.25, 0.3) is 0 Å². The van der Waals surface area contributed by atoms with Gasteiger partial charge in [0.2, 0.25) is 0 Å². The molecule has 78 valence electrons. The first-order valence-corrected chi connectivity index (χ1v) is 4.98. The maximum Gasteiger partial charge on any atom is 0.145 e. The van der Waals surface area contributed by atoms with Gasteiger partial charge in [-0.15, -0.1) is 0 Å². The van der Waals surface area contributed by atoms with Crippen LogP contribution in [0.1, 0.15) is 6.92 Å². The number of fused-ring (bicyclic) bond motifs is 1. The second-order valence-corrected chi connectivity index (χ2v) is 3.53. The van der Waals surface area contributed by atoms with Crippen LogP contribution in [0.4, 0.5) is 5.82 Å². The van der Waals surface area contributed by atoms with Crippen LogP contribution in [0.2, 0.25) is 0 Å². The van der Waals surface area contributed by atoms with Crippen molar-refractivity contribution >= 4 is 16.9 Å². The van der Waals surface area contributed by atoms with E-state index >= 15 is 0 Å². The van der Waals surface area contributed by atoms with Crippen LogP contribution >= 0.6 is 0 Å². The molecule has 1 unspecified atom stereocenters. The number of hydrogen-bond acceptors (Lipinski definition) is 4. The third-order valence-electron chi connectivity index (χ3n) is 2.20. The third-order valence-corrected chi connectivity index (χ3v) is 2.20. The zero-order valence-electron chi connectivity index (χ0n) is 8.64. The Kier molecular flexibility index (Phi) is 2.78. The van der Waals surface area contributed by atoms with Crippen molar-refractivity contribution in [2.24, 2.45) is 5.73 Å². The predicted molar refractivity (Wildman–Crippen MR) is 61.7 cm³/mol. The van der Waals surface area contributed by atoms with Gasteiger partial charge in [0, 0.05) is 12.6 Å². The summed E-state index contributed by atoms with van der Waals surface area (Å²) in [5.74, 6) is 0.770. The molecule has 0 saturated carbocycles. The van der Waals surface area contributed by atoms with Crippen molar-refractivity contribution in [3.63, 3.8) is 0 Å². The molecule has 2 aromatic rings. The van der Waals surface area contributed by atoms with Gasteiger partial charge in [-0.3, -0.25) is 4.98 Å². The zero-order chi connectivity index (χ0) is 10.7. The maximum atomic E-state index is 5.52. The van der Waals surface area contributed by atoms with E-state index in [-0.39, 0.29) is 6.04 Å². The molecule has 0 aliphatic carbocycles. The molecule has 0 aliphatic rings. The minimum Gasteiger partial charge on any atom is -0.365 e. The molecule has 2 rings (SSSR count). The van der Waals surface area contributed by atoms with E-state index in [2.05, 4.69) is 15.3 Å². The molecule has 0 saturated heterocycles. The number of anilines is 1. The minimum atomic E-state index is 0.209. The second kappa shape index (κ2) is 4.23. The van der Waals surface area contributed by atoms with Crippen LogP contribution in [0, 0.1) is 0 Å². The Balaban J connectivity index is 2.30. The predicted octanol–water partition coefficient (Wildman–Crippen LogP) is 1.39. The number of nitrogens with zero attached hydrogens (tertiary/aromatic N) is 2. The van der Waals surface area contributed by atoms with E-state index in [4.69, 9.17) is 5.73 Å². The van der Waals surface area contributed by atoms with Gasteiger partial charge >= 0.3 is 0 Å². The highest BCUT2D eigenvalue weighted by Crippen LogP contribution is 2.11. The molecule has 0 radical (unpaired) electrons. The molecule has 1 aromatic carbocycles. The van der Waals surface area contributed by atoms with E-state index in [1.54, 1.807) is 6.20 Å². The van der Waals surface area contributed by atoms with E-state index in [1.165, 1.54) is 0 Å². The smallest absolute Gasteiger partial charge is 0.145 e. The number of nitrogens with two attached hydrogens (primary N) is 1. The molecule has 4 heteroatoms. The standard InChI is InChI=1S/C11H14N4/c1-8(6-12)14-11-7-13-9-4-2-3-5-10(9)15-11/h2-5,7-8H,6,12H2,1H3,(H,14,15). The number of benzene rings is 1. The van der Waals surface area contributed by atoms with Crippen molar-refractivity contribution in [2.45, 2.75) is 13.0 Å². The summed E-state index contributed by atoms with van der Waals surface area (Å²) in [6, 6.07) is 8.00. The highest BCUT2D eigenvalue weighted by Gasteiger charge is 2.01. The minimum absolute atomic E-state index is 0.209. The van der Waals surface area contributed by atoms with E-state index in [1.807, 2.05) is 31.2 Å². The number of para-hydroxylation sites is 2. The van der Waals surface area contributed by atoms with E-state index in [0.717, 1.165) is 16.9 Å². The lowest BCUT2D eigenvalue weighted by Crippen LogP contribution is -2.25. The van der Waals surface area contributed by atoms with Gasteiger partial charge in [0.15, 0.2) is 0 Å². The van der Waals surface area contributed by atoms with E-state index < -0.39 is 0 Å². The molecule has 1 aromatic heterocycles. The molecule has 0 aliphatic heterocycles. The summed E-state index contributed by atoms with van der Waals surface area (Å²) in [7, 11) is 0. The van der Waals surface area contributed by atoms with Gasteiger partial charge in [-0.25, -0.2) is 4.98 Å². The Morgan fingerprint density at radius 2 is 2.07 bits per heavy atom. The SMILES string of the molecule is CC(CN)Nc1cnc2ccccc2n1. The summed E-state index contributed by atoms with van der Waals surface area (Å²) in [4.78, 5) is 8.74. The normalized spacial score (nSPS) is 12.7. The Morgan fingerprint density at radius 1 is 1.33 bits per heavy atom. The van der Waals surface area contributed by atoms with E-state index in [9.17, 15) is 0 Å². The van der Waals surface area contributed by atoms with Crippen molar-refractivity contribution in [1.29, 1.82) is 0 Å². The van der Waals surface area contributed by atoms with Crippen LogP contribution in [0.3, 0.4) is 0 Å². The molecule has 0 fully saturated rings. The van der Waals surface area contributed by atoms with Crippen LogP contribution in [0.5, 0.6) is 0 Å². The molecule has 0 amide bonds. The number of nitrogens with one attached hydrogen (secondary N) is 1. The van der Waals surface area contributed by atoms with E-state index in [0.29, 0.717) is 6.54 Å². The molecule has 15 heavy (non-hydrogen) atoms. The average molecular weight is 202 g/mol. The van der Waals surface area contributed by atoms with Crippen LogP contribution in [-0.4, -0.2) is 22.6 Å². The lowest BCUT2D eigenvalue weighted by atomic mass is 10.3. The fourth-order valence-electron chi connectivity index (χ4n) is 1.34. The number of rotatable bonds is 3. The summed E-state index contributed by atoms with van der Waals surface area (Å²) < 4.78 is 0. The number of hydrogen-bond donors (Lipinski definition) is 2. The molecule has 1 atom stereocenters. The first kappa shape index (κ1) is 9.86. The zero-order valence-corrected chi connectivity index (χ0v) is 8.64. The molecule has 4 nitrogen and oxygen atoms in total. The third kappa shape index (κ3) is 2.22. The molecule has 0 bridgehead atoms. The van der Waals surface area contributed by atoms with Crippen molar-refractivity contribution in [3.05, 3.63) is 30.5 Å². The molecular formula is C11H14N4. The van der Waals surface area contributed by atoms with Gasteiger partial charge in [-0.2, -0.15) is 0 Å². The quantitative estimate of drug-likeness (QED) is 0.789. The molecular weight excluding hydrogens is 188 g/mol. The van der Waals surface area contributed by atoms with Gasteiger partial charge in [-0.1, -0.05) is 12.1 Å². The topological polar surface area (TPSA) is 63.8 Å². The maximum absolute atomic E-state index is 5.52. The Labute approximate surface area is 88.5 Å². The highest BCUT2D eigenvalue weighted by atomic mass is 15.0. The summed E-state index contributed by atoms with van der Waals surface area (Å²) in [5, 5.41) is 3.19. The van der Waals surface area contributed by atoms with Gasteiger partial charge < -0.3 is 11.1 Å². The second-order valence-electron chi connectivity index (χ2n) is 3.53. The summed E-state index contributed by atoms with van der Waals surface area (Å²) >= 11 is 0. The van der Waals surface area contributed by atoms with Crippen molar-refractivity contribution < 1.29 is 0 Å². The monoisotopic (exact) mass is 202 g/mol.